The quantitative estimate of drug-likeness (QED) is 0.786. The second-order valence-electron chi connectivity index (χ2n) is 5.37. The minimum absolute atomic E-state index is 0.551. The molecule has 0 unspecified atom stereocenters. The molecule has 1 aromatic heterocycles. The maximum absolute atomic E-state index is 6.09. The summed E-state index contributed by atoms with van der Waals surface area (Å²) in [5.74, 6) is 1.36. The van der Waals surface area contributed by atoms with Crippen molar-refractivity contribution in [2.45, 2.75) is 20.3 Å². The van der Waals surface area contributed by atoms with E-state index in [4.69, 9.17) is 11.6 Å². The Morgan fingerprint density at radius 1 is 1.22 bits per heavy atom. The third-order valence-electron chi connectivity index (χ3n) is 3.14. The number of hydrogen-bond donors (Lipinski definition) is 0. The molecule has 1 saturated heterocycles. The number of aromatic nitrogens is 2. The van der Waals surface area contributed by atoms with Crippen molar-refractivity contribution in [1.29, 1.82) is 0 Å². The lowest BCUT2D eigenvalue weighted by molar-refractivity contribution is 0.311. The van der Waals surface area contributed by atoms with Crippen molar-refractivity contribution in [2.75, 3.05) is 38.1 Å². The van der Waals surface area contributed by atoms with E-state index in [2.05, 4.69) is 40.7 Å². The van der Waals surface area contributed by atoms with Gasteiger partial charge in [0.2, 0.25) is 5.95 Å². The van der Waals surface area contributed by atoms with E-state index in [9.17, 15) is 0 Å². The Balaban J connectivity index is 2.14. The van der Waals surface area contributed by atoms with Crippen LogP contribution in [0.3, 0.4) is 0 Å². The Morgan fingerprint density at radius 3 is 2.50 bits per heavy atom. The second kappa shape index (κ2) is 5.85. The molecule has 0 bridgehead atoms. The van der Waals surface area contributed by atoms with Crippen molar-refractivity contribution in [3.8, 4) is 0 Å². The molecule has 1 fully saturated rings. The minimum atomic E-state index is 0.551. The number of halogens is 1. The van der Waals surface area contributed by atoms with E-state index in [1.807, 2.05) is 6.07 Å². The maximum Gasteiger partial charge on any atom is 0.227 e. The average Bonchev–Trinajstić information content (AvgIpc) is 2.28. The molecule has 2 rings (SSSR count). The summed E-state index contributed by atoms with van der Waals surface area (Å²) in [6.45, 7) is 8.41. The molecule has 1 aromatic rings. The van der Waals surface area contributed by atoms with Crippen LogP contribution >= 0.6 is 11.6 Å². The lowest BCUT2D eigenvalue weighted by atomic mass is 10.1. The van der Waals surface area contributed by atoms with E-state index < -0.39 is 0 Å². The summed E-state index contributed by atoms with van der Waals surface area (Å²) in [7, 11) is 2.14. The van der Waals surface area contributed by atoms with Gasteiger partial charge in [0, 0.05) is 31.9 Å². The van der Waals surface area contributed by atoms with Gasteiger partial charge in [-0.2, -0.15) is 0 Å². The first-order valence-corrected chi connectivity index (χ1v) is 6.89. The van der Waals surface area contributed by atoms with Gasteiger partial charge in [-0.3, -0.25) is 0 Å². The largest absolute Gasteiger partial charge is 0.338 e. The number of rotatable bonds is 3. The Labute approximate surface area is 114 Å². The van der Waals surface area contributed by atoms with E-state index in [0.29, 0.717) is 11.1 Å². The van der Waals surface area contributed by atoms with Crippen LogP contribution in [0.2, 0.25) is 5.15 Å². The van der Waals surface area contributed by atoms with Crippen molar-refractivity contribution >= 4 is 17.5 Å². The van der Waals surface area contributed by atoms with Gasteiger partial charge in [-0.1, -0.05) is 25.4 Å². The first-order valence-electron chi connectivity index (χ1n) is 6.51. The summed E-state index contributed by atoms with van der Waals surface area (Å²) >= 11 is 6.09. The van der Waals surface area contributed by atoms with E-state index in [1.54, 1.807) is 0 Å². The first-order chi connectivity index (χ1) is 8.54. The van der Waals surface area contributed by atoms with Gasteiger partial charge in [0.25, 0.3) is 0 Å². The van der Waals surface area contributed by atoms with Crippen LogP contribution in [-0.4, -0.2) is 48.1 Å². The third-order valence-corrected chi connectivity index (χ3v) is 3.33. The minimum Gasteiger partial charge on any atom is -0.338 e. The number of hydrogen-bond acceptors (Lipinski definition) is 4. The highest BCUT2D eigenvalue weighted by Gasteiger charge is 2.17. The monoisotopic (exact) mass is 268 g/mol. The molecule has 0 aromatic carbocycles. The summed E-state index contributed by atoms with van der Waals surface area (Å²) in [6.07, 6.45) is 0.947. The molecule has 5 heteroatoms. The molecule has 18 heavy (non-hydrogen) atoms. The Bertz CT molecular complexity index is 400. The lowest BCUT2D eigenvalue weighted by Gasteiger charge is -2.32. The Hall–Kier alpha value is -0.870. The normalized spacial score (nSPS) is 17.5. The zero-order valence-corrected chi connectivity index (χ0v) is 12.1. The number of likely N-dealkylation sites (N-methyl/N-ethyl adjacent to an activating group) is 1. The zero-order chi connectivity index (χ0) is 13.1. The van der Waals surface area contributed by atoms with E-state index in [1.165, 1.54) is 0 Å². The fraction of sp³-hybridized carbons (Fsp3) is 0.692. The van der Waals surface area contributed by atoms with Gasteiger partial charge < -0.3 is 9.80 Å². The molecule has 2 heterocycles. The standard InChI is InChI=1S/C13H21ClN4/c1-10(2)8-11-9-12(14)16-13(15-11)18-6-4-17(3)5-7-18/h9-10H,4-8H2,1-3H3. The van der Waals surface area contributed by atoms with Gasteiger partial charge in [0.05, 0.1) is 0 Å². The predicted molar refractivity (Wildman–Crippen MR) is 75.3 cm³/mol. The van der Waals surface area contributed by atoms with E-state index in [-0.39, 0.29) is 0 Å². The summed E-state index contributed by atoms with van der Waals surface area (Å²) < 4.78 is 0. The maximum atomic E-state index is 6.09. The van der Waals surface area contributed by atoms with Gasteiger partial charge in [-0.15, -0.1) is 0 Å². The lowest BCUT2D eigenvalue weighted by Crippen LogP contribution is -2.45. The number of nitrogens with zero attached hydrogens (tertiary/aromatic N) is 4. The number of anilines is 1. The molecule has 0 amide bonds. The average molecular weight is 269 g/mol. The fourth-order valence-corrected chi connectivity index (χ4v) is 2.32. The molecule has 1 aliphatic rings. The van der Waals surface area contributed by atoms with Crippen LogP contribution in [0.5, 0.6) is 0 Å². The second-order valence-corrected chi connectivity index (χ2v) is 5.76. The zero-order valence-electron chi connectivity index (χ0n) is 11.4. The SMILES string of the molecule is CC(C)Cc1cc(Cl)nc(N2CCN(C)CC2)n1. The van der Waals surface area contributed by atoms with Gasteiger partial charge in [0.1, 0.15) is 5.15 Å². The van der Waals surface area contributed by atoms with Crippen LogP contribution in [0.1, 0.15) is 19.5 Å². The van der Waals surface area contributed by atoms with Crippen molar-refractivity contribution in [2.24, 2.45) is 5.92 Å². The van der Waals surface area contributed by atoms with Gasteiger partial charge in [-0.25, -0.2) is 9.97 Å². The molecule has 0 radical (unpaired) electrons. The number of piperazine rings is 1. The van der Waals surface area contributed by atoms with Gasteiger partial charge in [-0.05, 0) is 25.5 Å². The molecule has 100 valence electrons. The molecule has 0 atom stereocenters. The molecule has 0 spiro atoms. The molecule has 0 saturated carbocycles. The summed E-state index contributed by atoms with van der Waals surface area (Å²) in [5, 5.41) is 0.551. The van der Waals surface area contributed by atoms with Crippen LogP contribution in [0, 0.1) is 5.92 Å². The highest BCUT2D eigenvalue weighted by atomic mass is 35.5. The van der Waals surface area contributed by atoms with Gasteiger partial charge in [0.15, 0.2) is 0 Å². The molecule has 4 nitrogen and oxygen atoms in total. The summed E-state index contributed by atoms with van der Waals surface area (Å²) in [6, 6.07) is 1.88. The molecular formula is C13H21ClN4. The van der Waals surface area contributed by atoms with Crippen molar-refractivity contribution in [1.82, 2.24) is 14.9 Å². The van der Waals surface area contributed by atoms with Crippen LogP contribution < -0.4 is 4.90 Å². The smallest absolute Gasteiger partial charge is 0.227 e. The summed E-state index contributed by atoms with van der Waals surface area (Å²) in [5.41, 5.74) is 1.04. The van der Waals surface area contributed by atoms with Crippen LogP contribution in [0.15, 0.2) is 6.07 Å². The molecule has 0 N–H and O–H groups in total. The van der Waals surface area contributed by atoms with Crippen LogP contribution in [0.25, 0.3) is 0 Å². The Morgan fingerprint density at radius 2 is 1.89 bits per heavy atom. The van der Waals surface area contributed by atoms with Crippen LogP contribution in [0.4, 0.5) is 5.95 Å². The molecular weight excluding hydrogens is 248 g/mol. The van der Waals surface area contributed by atoms with Gasteiger partial charge >= 0.3 is 0 Å². The van der Waals surface area contributed by atoms with Crippen molar-refractivity contribution in [3.63, 3.8) is 0 Å². The predicted octanol–water partition coefficient (Wildman–Crippen LogP) is 2.08. The van der Waals surface area contributed by atoms with Crippen molar-refractivity contribution in [3.05, 3.63) is 16.9 Å². The first kappa shape index (κ1) is 13.6. The summed E-state index contributed by atoms with van der Waals surface area (Å²) in [4.78, 5) is 13.5. The molecule has 1 aliphatic heterocycles. The van der Waals surface area contributed by atoms with E-state index in [0.717, 1.165) is 44.2 Å². The van der Waals surface area contributed by atoms with Crippen LogP contribution in [-0.2, 0) is 6.42 Å². The molecule has 0 aliphatic carbocycles. The fourth-order valence-electron chi connectivity index (χ4n) is 2.12. The highest BCUT2D eigenvalue weighted by Crippen LogP contribution is 2.17. The third kappa shape index (κ3) is 3.56. The highest BCUT2D eigenvalue weighted by molar-refractivity contribution is 6.29. The Kier molecular flexibility index (Phi) is 4.40. The van der Waals surface area contributed by atoms with E-state index >= 15 is 0 Å². The topological polar surface area (TPSA) is 32.3 Å². The van der Waals surface area contributed by atoms with Crippen molar-refractivity contribution < 1.29 is 0 Å².